The first-order valence-corrected chi connectivity index (χ1v) is 7.84. The Bertz CT molecular complexity index is 246. The number of nitrogens with one attached hydrogen (secondary N) is 2. The second kappa shape index (κ2) is 14.9. The van der Waals surface area contributed by atoms with E-state index in [1.54, 1.807) is 0 Å². The molecule has 6 heteroatoms. The third-order valence-corrected chi connectivity index (χ3v) is 3.26. The van der Waals surface area contributed by atoms with Crippen molar-refractivity contribution in [2.24, 2.45) is 0 Å². The molecule has 0 heterocycles. The van der Waals surface area contributed by atoms with E-state index in [-0.39, 0.29) is 12.2 Å². The molecule has 0 aliphatic rings. The Morgan fingerprint density at radius 3 is 1.19 bits per heavy atom. The minimum absolute atomic E-state index is 0.350. The molecule has 0 spiro atoms. The standard InChI is InChI=1S/C15H30N2O4/c1-20-14(18)16-12-10-8-6-4-3-5-7-9-11-13-17-15(19)21-2/h3-13H2,1-2H3,(H,16,18)(H,17,19). The first-order chi connectivity index (χ1) is 10.2. The van der Waals surface area contributed by atoms with Gasteiger partial charge in [0.25, 0.3) is 0 Å². The predicted octanol–water partition coefficient (Wildman–Crippen LogP) is 3.21. The number of methoxy groups -OCH3 is 2. The van der Waals surface area contributed by atoms with Crippen LogP contribution >= 0.6 is 0 Å². The van der Waals surface area contributed by atoms with Gasteiger partial charge in [-0.25, -0.2) is 9.59 Å². The smallest absolute Gasteiger partial charge is 0.406 e. The number of unbranched alkanes of at least 4 members (excludes halogenated alkanes) is 8. The fourth-order valence-corrected chi connectivity index (χ4v) is 2.01. The van der Waals surface area contributed by atoms with Crippen molar-refractivity contribution in [1.82, 2.24) is 10.6 Å². The van der Waals surface area contributed by atoms with Crippen LogP contribution in [0.2, 0.25) is 0 Å². The molecular weight excluding hydrogens is 272 g/mol. The number of hydrogen-bond donors (Lipinski definition) is 2. The first kappa shape index (κ1) is 19.5. The lowest BCUT2D eigenvalue weighted by atomic mass is 10.1. The van der Waals surface area contributed by atoms with Gasteiger partial charge in [-0.05, 0) is 12.8 Å². The number of carbonyl (C=O) groups excluding carboxylic acids is 2. The van der Waals surface area contributed by atoms with Crippen molar-refractivity contribution in [3.8, 4) is 0 Å². The molecule has 0 atom stereocenters. The molecule has 2 amide bonds. The van der Waals surface area contributed by atoms with Gasteiger partial charge in [0.15, 0.2) is 0 Å². The summed E-state index contributed by atoms with van der Waals surface area (Å²) in [5.41, 5.74) is 0. The van der Waals surface area contributed by atoms with E-state index in [2.05, 4.69) is 20.1 Å². The molecule has 0 fully saturated rings. The number of alkyl carbamates (subject to hydrolysis) is 2. The molecule has 2 N–H and O–H groups in total. The summed E-state index contributed by atoms with van der Waals surface area (Å²) in [6, 6.07) is 0. The molecule has 0 radical (unpaired) electrons. The Kier molecular flexibility index (Phi) is 13.9. The van der Waals surface area contributed by atoms with E-state index < -0.39 is 0 Å². The summed E-state index contributed by atoms with van der Waals surface area (Å²) in [5, 5.41) is 5.35. The molecule has 21 heavy (non-hydrogen) atoms. The van der Waals surface area contributed by atoms with E-state index in [0.717, 1.165) is 25.7 Å². The van der Waals surface area contributed by atoms with Crippen LogP contribution in [-0.4, -0.2) is 39.5 Å². The van der Waals surface area contributed by atoms with Gasteiger partial charge < -0.3 is 20.1 Å². The molecule has 0 bridgehead atoms. The van der Waals surface area contributed by atoms with Crippen LogP contribution in [0.4, 0.5) is 9.59 Å². The average molecular weight is 302 g/mol. The zero-order chi connectivity index (χ0) is 15.8. The van der Waals surface area contributed by atoms with Crippen molar-refractivity contribution < 1.29 is 19.1 Å². The molecule has 0 aliphatic carbocycles. The lowest BCUT2D eigenvalue weighted by molar-refractivity contribution is 0.170. The lowest BCUT2D eigenvalue weighted by Crippen LogP contribution is -2.23. The van der Waals surface area contributed by atoms with Gasteiger partial charge in [-0.1, -0.05) is 44.9 Å². The number of hydrogen-bond acceptors (Lipinski definition) is 4. The monoisotopic (exact) mass is 302 g/mol. The van der Waals surface area contributed by atoms with Crippen LogP contribution in [0.5, 0.6) is 0 Å². The van der Waals surface area contributed by atoms with Crippen LogP contribution in [-0.2, 0) is 9.47 Å². The van der Waals surface area contributed by atoms with Crippen LogP contribution in [0.25, 0.3) is 0 Å². The Balaban J connectivity index is 3.06. The summed E-state index contributed by atoms with van der Waals surface area (Å²) < 4.78 is 8.98. The van der Waals surface area contributed by atoms with Crippen LogP contribution in [0.3, 0.4) is 0 Å². The minimum Gasteiger partial charge on any atom is -0.453 e. The average Bonchev–Trinajstić information content (AvgIpc) is 2.51. The van der Waals surface area contributed by atoms with Crippen molar-refractivity contribution in [3.05, 3.63) is 0 Å². The maximum atomic E-state index is 10.8. The summed E-state index contributed by atoms with van der Waals surface area (Å²) in [6.07, 6.45) is 9.79. The van der Waals surface area contributed by atoms with Gasteiger partial charge in [0.05, 0.1) is 14.2 Å². The van der Waals surface area contributed by atoms with Crippen LogP contribution in [0.1, 0.15) is 57.8 Å². The van der Waals surface area contributed by atoms with Crippen molar-refractivity contribution in [2.75, 3.05) is 27.3 Å². The number of ether oxygens (including phenoxy) is 2. The van der Waals surface area contributed by atoms with E-state index in [4.69, 9.17) is 0 Å². The molecule has 0 unspecified atom stereocenters. The van der Waals surface area contributed by atoms with Gasteiger partial charge in [-0.2, -0.15) is 0 Å². The normalized spacial score (nSPS) is 10.0. The maximum Gasteiger partial charge on any atom is 0.406 e. The van der Waals surface area contributed by atoms with Crippen molar-refractivity contribution in [1.29, 1.82) is 0 Å². The fourth-order valence-electron chi connectivity index (χ4n) is 2.01. The molecule has 0 aromatic heterocycles. The molecule has 124 valence electrons. The Morgan fingerprint density at radius 2 is 0.905 bits per heavy atom. The van der Waals surface area contributed by atoms with Crippen LogP contribution < -0.4 is 10.6 Å². The number of amides is 2. The molecule has 0 saturated heterocycles. The molecule has 0 aromatic carbocycles. The summed E-state index contributed by atoms with van der Waals surface area (Å²) in [4.78, 5) is 21.6. The Morgan fingerprint density at radius 1 is 0.619 bits per heavy atom. The summed E-state index contributed by atoms with van der Waals surface area (Å²) in [7, 11) is 2.75. The zero-order valence-electron chi connectivity index (χ0n) is 13.4. The summed E-state index contributed by atoms with van der Waals surface area (Å²) >= 11 is 0. The fraction of sp³-hybridized carbons (Fsp3) is 0.867. The van der Waals surface area contributed by atoms with Gasteiger partial charge >= 0.3 is 12.2 Å². The largest absolute Gasteiger partial charge is 0.453 e. The lowest BCUT2D eigenvalue weighted by Gasteiger charge is -2.05. The summed E-state index contributed by atoms with van der Waals surface area (Å²) in [5.74, 6) is 0. The summed E-state index contributed by atoms with van der Waals surface area (Å²) in [6.45, 7) is 1.39. The van der Waals surface area contributed by atoms with Gasteiger partial charge in [-0.15, -0.1) is 0 Å². The third-order valence-electron chi connectivity index (χ3n) is 3.26. The van der Waals surface area contributed by atoms with Crippen LogP contribution in [0.15, 0.2) is 0 Å². The highest BCUT2D eigenvalue weighted by atomic mass is 16.5. The Hall–Kier alpha value is -1.46. The Labute approximate surface area is 127 Å². The van der Waals surface area contributed by atoms with Crippen molar-refractivity contribution in [2.45, 2.75) is 57.8 Å². The highest BCUT2D eigenvalue weighted by Crippen LogP contribution is 2.09. The topological polar surface area (TPSA) is 76.7 Å². The SMILES string of the molecule is COC(=O)NCCCCCCCCCCCNC(=O)OC. The van der Waals surface area contributed by atoms with E-state index in [1.165, 1.54) is 46.3 Å². The van der Waals surface area contributed by atoms with Crippen molar-refractivity contribution in [3.63, 3.8) is 0 Å². The molecule has 0 rings (SSSR count). The van der Waals surface area contributed by atoms with Gasteiger partial charge in [-0.3, -0.25) is 0 Å². The number of rotatable bonds is 12. The van der Waals surface area contributed by atoms with Crippen molar-refractivity contribution >= 4 is 12.2 Å². The molecule has 0 aromatic rings. The molecule has 6 nitrogen and oxygen atoms in total. The molecule has 0 saturated carbocycles. The van der Waals surface area contributed by atoms with E-state index in [0.29, 0.717) is 13.1 Å². The minimum atomic E-state index is -0.350. The first-order valence-electron chi connectivity index (χ1n) is 7.84. The second-order valence-corrected chi connectivity index (χ2v) is 5.02. The molecular formula is C15H30N2O4. The molecule has 0 aliphatic heterocycles. The third kappa shape index (κ3) is 14.8. The van der Waals surface area contributed by atoms with E-state index in [1.807, 2.05) is 0 Å². The highest BCUT2D eigenvalue weighted by Gasteiger charge is 1.98. The quantitative estimate of drug-likeness (QED) is 0.543. The predicted molar refractivity (Wildman–Crippen MR) is 82.4 cm³/mol. The number of carbonyl (C=O) groups is 2. The highest BCUT2D eigenvalue weighted by molar-refractivity contribution is 5.67. The second-order valence-electron chi connectivity index (χ2n) is 5.02. The maximum absolute atomic E-state index is 10.8. The van der Waals surface area contributed by atoms with Gasteiger partial charge in [0.2, 0.25) is 0 Å². The zero-order valence-corrected chi connectivity index (χ0v) is 13.4. The van der Waals surface area contributed by atoms with Gasteiger partial charge in [0, 0.05) is 13.1 Å². The van der Waals surface area contributed by atoms with Crippen LogP contribution in [0, 0.1) is 0 Å². The van der Waals surface area contributed by atoms with Gasteiger partial charge in [0.1, 0.15) is 0 Å². The van der Waals surface area contributed by atoms with E-state index in [9.17, 15) is 9.59 Å². The van der Waals surface area contributed by atoms with E-state index >= 15 is 0 Å².